The van der Waals surface area contributed by atoms with E-state index in [9.17, 15) is 20.1 Å². The van der Waals surface area contributed by atoms with E-state index in [0.717, 1.165) is 0 Å². The number of nitrogens with one attached hydrogen (secondary N) is 2. The number of terminal acetylenes is 1. The predicted molar refractivity (Wildman–Crippen MR) is 306 cm³/mol. The van der Waals surface area contributed by atoms with Crippen LogP contribution in [-0.4, -0.2) is 365 Å². The summed E-state index contributed by atoms with van der Waals surface area (Å²) in [6.07, 6.45) is -19.3. The molecule has 31 nitrogen and oxygen atoms in total. The summed E-state index contributed by atoms with van der Waals surface area (Å²) in [7, 11) is 25.2. The molecule has 0 aromatic heterocycles. The minimum Gasteiger partial charge on any atom is -0.396 e. The largest absolute Gasteiger partial charge is 0.396 e. The number of aliphatic hydroxyl groups is 3. The minimum absolute atomic E-state index is 0.00851. The highest BCUT2D eigenvalue weighted by Crippen LogP contribution is 2.43. The van der Waals surface area contributed by atoms with Crippen LogP contribution in [-0.2, 0) is 123 Å². The minimum atomic E-state index is -1.95. The third kappa shape index (κ3) is 16.1. The zero-order chi connectivity index (χ0) is 65.4. The van der Waals surface area contributed by atoms with Crippen LogP contribution >= 0.6 is 0 Å². The van der Waals surface area contributed by atoms with Crippen molar-refractivity contribution in [1.82, 2.24) is 10.6 Å². The highest BCUT2D eigenvalue weighted by Gasteiger charge is 2.64. The Balaban J connectivity index is 1.27. The van der Waals surface area contributed by atoms with Crippen LogP contribution < -0.4 is 10.6 Å². The van der Waals surface area contributed by atoms with Gasteiger partial charge in [-0.1, -0.05) is 0 Å². The Morgan fingerprint density at radius 1 is 0.449 bits per heavy atom. The van der Waals surface area contributed by atoms with E-state index in [1.165, 1.54) is 121 Å². The highest BCUT2D eigenvalue weighted by molar-refractivity contribution is 5.93. The van der Waals surface area contributed by atoms with Crippen molar-refractivity contribution < 1.29 is 139 Å². The molecule has 0 radical (unpaired) electrons. The van der Waals surface area contributed by atoms with Crippen LogP contribution in [0.5, 0.6) is 0 Å². The lowest BCUT2D eigenvalue weighted by atomic mass is 9.66. The van der Waals surface area contributed by atoms with Crippen LogP contribution in [0.4, 0.5) is 0 Å². The van der Waals surface area contributed by atoms with Gasteiger partial charge in [0.05, 0.1) is 70.0 Å². The monoisotopic (exact) mass is 1290 g/mol. The van der Waals surface area contributed by atoms with E-state index >= 15 is 0 Å². The zero-order valence-electron chi connectivity index (χ0n) is 54.6. The van der Waals surface area contributed by atoms with Crippen LogP contribution in [0.1, 0.15) is 6.92 Å². The molecule has 6 aliphatic rings. The Hall–Kier alpha value is -2.13. The van der Waals surface area contributed by atoms with Gasteiger partial charge in [0.1, 0.15) is 134 Å². The number of methoxy groups -OCH3 is 17. The van der Waals surface area contributed by atoms with Gasteiger partial charge in [0, 0.05) is 127 Å². The molecular formula is C58H102N2O29. The fourth-order valence-electron chi connectivity index (χ4n) is 14.1. The second-order valence-corrected chi connectivity index (χ2v) is 22.6. The van der Waals surface area contributed by atoms with Crippen molar-refractivity contribution in [3.8, 4) is 12.3 Å². The summed E-state index contributed by atoms with van der Waals surface area (Å²) in [6.45, 7) is 0.881. The molecule has 518 valence electrons. The third-order valence-electron chi connectivity index (χ3n) is 18.1. The Morgan fingerprint density at radius 2 is 0.809 bits per heavy atom. The lowest BCUT2D eigenvalue weighted by Gasteiger charge is -2.57. The SMILES string of the molecule is C#CC(=O)NC1[C@@H](N[C@H]2C(C)O[C@@H]([C@H]3OC(COC)[C@H](O[C@H]4OC(COC)[C@H](O[C@H]5OC(COC)[C@H](O[C@H]6OC(COC)[C@H](O)[C@@H](OC)C6OC)[C@@H](OC)C5OC)[C@@H](OC)C4OC)[C@@H](OC)C3OC)C(OC)[C@@H]2OC)C(OC)[C@H](OC)[C@@H](CO)C1(O)COC. The number of rotatable bonds is 33. The maximum atomic E-state index is 13.1. The summed E-state index contributed by atoms with van der Waals surface area (Å²) in [4.78, 5) is 13.1. The summed E-state index contributed by atoms with van der Waals surface area (Å²) >= 11 is 0. The highest BCUT2D eigenvalue weighted by atomic mass is 16.8. The first kappa shape index (κ1) is 75.9. The summed E-state index contributed by atoms with van der Waals surface area (Å²) in [5, 5.41) is 40.7. The van der Waals surface area contributed by atoms with Gasteiger partial charge >= 0.3 is 0 Å². The molecule has 6 rings (SSSR count). The van der Waals surface area contributed by atoms with Gasteiger partial charge in [-0.15, -0.1) is 6.42 Å². The number of amides is 1. The van der Waals surface area contributed by atoms with Gasteiger partial charge < -0.3 is 144 Å². The van der Waals surface area contributed by atoms with Crippen molar-refractivity contribution in [3.05, 3.63) is 0 Å². The molecule has 1 aliphatic carbocycles. The third-order valence-corrected chi connectivity index (χ3v) is 18.1. The van der Waals surface area contributed by atoms with Gasteiger partial charge in [0.15, 0.2) is 18.9 Å². The first-order chi connectivity index (χ1) is 42.9. The number of carbonyl (C=O) groups excluding carboxylic acids is 1. The number of aliphatic hydroxyl groups excluding tert-OH is 2. The molecule has 31 heteroatoms. The second kappa shape index (κ2) is 36.1. The van der Waals surface area contributed by atoms with Crippen LogP contribution in [0.25, 0.3) is 0 Å². The molecule has 5 aliphatic heterocycles. The topological polar surface area (TPSA) is 333 Å². The second-order valence-electron chi connectivity index (χ2n) is 22.6. The lowest BCUT2D eigenvalue weighted by molar-refractivity contribution is -0.392. The Kier molecular flexibility index (Phi) is 30.8. The molecule has 1 amide bonds. The van der Waals surface area contributed by atoms with E-state index in [2.05, 4.69) is 16.6 Å². The normalized spacial score (nSPS) is 44.6. The van der Waals surface area contributed by atoms with Crippen LogP contribution in [0.2, 0.25) is 0 Å². The zero-order valence-corrected chi connectivity index (χ0v) is 54.6. The molecule has 5 N–H and O–H groups in total. The van der Waals surface area contributed by atoms with Crippen molar-refractivity contribution in [2.75, 3.05) is 161 Å². The summed E-state index contributed by atoms with van der Waals surface area (Å²) in [6, 6.07) is -2.97. The molecule has 0 aromatic carbocycles. The molecule has 0 aromatic rings. The maximum Gasteiger partial charge on any atom is 0.296 e. The molecule has 5 saturated heterocycles. The van der Waals surface area contributed by atoms with Crippen molar-refractivity contribution in [2.24, 2.45) is 5.92 Å². The number of hydrogen-bond acceptors (Lipinski definition) is 30. The van der Waals surface area contributed by atoms with Gasteiger partial charge in [-0.2, -0.15) is 0 Å². The van der Waals surface area contributed by atoms with Crippen molar-refractivity contribution in [2.45, 2.75) is 190 Å². The van der Waals surface area contributed by atoms with Crippen LogP contribution in [0.3, 0.4) is 0 Å². The summed E-state index contributed by atoms with van der Waals surface area (Å²) in [5.74, 6) is 0.223. The standard InChI is InChI=1S/C58H102N2O29/c1-20-33(62)59-54-35(42(72-10)37(70-8)28(21-61)58(54,64)26-69-7)60-34-27(2)82-49(47(77-15)41(34)71-9)50-48(78-16)44(74-12)38(30(83-50)23-66-4)87-56-52(80-18)46(76-14)40(32(85-56)25-68-6)89-57-53(81-19)45(75-13)39(31(86-57)24-67-5)88-55-51(79-17)43(73-11)36(63)29(84-55)22-65-3/h1,27-32,34-57,60-61,63-64H,21-26H2,2-19H3,(H,59,62)/t27?,28-,29?,30?,31?,32?,34+,35+,36+,37-,38+,39+,40+,41-,42?,43-,44-,45-,46-,47?,48?,49-,50+,51?,52?,53?,54?,55-,56-,57-,58?/m1/s1. The average molecular weight is 1290 g/mol. The van der Waals surface area contributed by atoms with Gasteiger partial charge in [0.25, 0.3) is 5.91 Å². The number of hydrogen-bond donors (Lipinski definition) is 5. The predicted octanol–water partition coefficient (Wildman–Crippen LogP) is -3.56. The molecule has 1 saturated carbocycles. The van der Waals surface area contributed by atoms with Gasteiger partial charge in [-0.25, -0.2) is 0 Å². The summed E-state index contributed by atoms with van der Waals surface area (Å²) < 4.78 is 156. The van der Waals surface area contributed by atoms with E-state index < -0.39 is 201 Å². The van der Waals surface area contributed by atoms with Crippen LogP contribution in [0.15, 0.2) is 0 Å². The summed E-state index contributed by atoms with van der Waals surface area (Å²) in [5.41, 5.74) is -1.95. The molecular weight excluding hydrogens is 1190 g/mol. The Labute approximate surface area is 522 Å². The van der Waals surface area contributed by atoms with Crippen molar-refractivity contribution in [3.63, 3.8) is 0 Å². The molecule has 6 fully saturated rings. The maximum absolute atomic E-state index is 13.1. The smallest absolute Gasteiger partial charge is 0.296 e. The van der Waals surface area contributed by atoms with Gasteiger partial charge in [0.2, 0.25) is 0 Å². The average Bonchev–Trinajstić information content (AvgIpc) is 1.13. The fraction of sp³-hybridized carbons (Fsp3) is 0.948. The molecule has 13 unspecified atom stereocenters. The van der Waals surface area contributed by atoms with E-state index in [1.54, 1.807) is 0 Å². The first-order valence-electron chi connectivity index (χ1n) is 29.5. The van der Waals surface area contributed by atoms with Gasteiger partial charge in [-0.3, -0.25) is 4.79 Å². The van der Waals surface area contributed by atoms with Gasteiger partial charge in [-0.05, 0) is 12.8 Å². The van der Waals surface area contributed by atoms with E-state index in [-0.39, 0.29) is 33.0 Å². The van der Waals surface area contributed by atoms with E-state index in [1.807, 2.05) is 6.92 Å². The number of carbonyl (C=O) groups is 1. The molecule has 0 spiro atoms. The van der Waals surface area contributed by atoms with Crippen molar-refractivity contribution in [1.29, 1.82) is 0 Å². The van der Waals surface area contributed by atoms with Crippen LogP contribution in [0, 0.1) is 18.3 Å². The molecule has 5 heterocycles. The Bertz CT molecular complexity index is 2090. The fourth-order valence-corrected chi connectivity index (χ4v) is 14.1. The first-order valence-corrected chi connectivity index (χ1v) is 29.5. The quantitative estimate of drug-likeness (QED) is 0.0397. The van der Waals surface area contributed by atoms with Crippen molar-refractivity contribution >= 4 is 5.91 Å². The lowest BCUT2D eigenvalue weighted by Crippen LogP contribution is -2.80. The van der Waals surface area contributed by atoms with E-state index in [0.29, 0.717) is 0 Å². The van der Waals surface area contributed by atoms with E-state index in [4.69, 9.17) is 125 Å². The Morgan fingerprint density at radius 3 is 1.20 bits per heavy atom. The number of ether oxygens (including phenoxy) is 25. The molecule has 0 bridgehead atoms. The molecule has 31 atom stereocenters. The molecule has 89 heavy (non-hydrogen) atoms.